The Morgan fingerprint density at radius 3 is 2.52 bits per heavy atom. The quantitative estimate of drug-likeness (QED) is 0.157. The summed E-state index contributed by atoms with van der Waals surface area (Å²) in [6.07, 6.45) is 2.18. The lowest BCUT2D eigenvalue weighted by atomic mass is 9.94. The predicted octanol–water partition coefficient (Wildman–Crippen LogP) is 6.69. The van der Waals surface area contributed by atoms with Crippen LogP contribution in [-0.4, -0.2) is 33.5 Å². The molecule has 0 bridgehead atoms. The van der Waals surface area contributed by atoms with E-state index in [0.29, 0.717) is 46.2 Å². The molecule has 0 saturated carbocycles. The van der Waals surface area contributed by atoms with Crippen LogP contribution < -0.4 is 20.1 Å². The molecule has 0 radical (unpaired) electrons. The Morgan fingerprint density at radius 2 is 1.80 bits per heavy atom. The van der Waals surface area contributed by atoms with E-state index in [1.165, 1.54) is 0 Å². The lowest BCUT2D eigenvalue weighted by Crippen LogP contribution is -2.31. The zero-order valence-electron chi connectivity index (χ0n) is 22.9. The minimum absolute atomic E-state index is 0.217. The van der Waals surface area contributed by atoms with Gasteiger partial charge < -0.3 is 20.1 Å². The number of thioether (sulfide) groups is 1. The van der Waals surface area contributed by atoms with Crippen LogP contribution in [0.15, 0.2) is 95.3 Å². The first kappa shape index (κ1) is 27.3. The number of ether oxygens (including phenoxy) is 2. The first-order valence-corrected chi connectivity index (χ1v) is 14.3. The van der Waals surface area contributed by atoms with Crippen LogP contribution in [0.4, 0.5) is 11.6 Å². The first-order valence-electron chi connectivity index (χ1n) is 13.4. The number of unbranched alkanes of at least 4 members (excludes halogenated alkanes) is 1. The number of methoxy groups -OCH3 is 1. The van der Waals surface area contributed by atoms with E-state index in [4.69, 9.17) is 19.6 Å². The Bertz CT molecular complexity index is 1490. The van der Waals surface area contributed by atoms with Crippen molar-refractivity contribution in [2.45, 2.75) is 44.5 Å². The summed E-state index contributed by atoms with van der Waals surface area (Å²) in [5, 5.41) is 11.8. The fourth-order valence-electron chi connectivity index (χ4n) is 4.53. The van der Waals surface area contributed by atoms with Gasteiger partial charge in [0.15, 0.2) is 11.5 Å². The van der Waals surface area contributed by atoms with Gasteiger partial charge in [-0.3, -0.25) is 4.79 Å². The fraction of sp³-hybridized carbons (Fsp3) is 0.258. The minimum Gasteiger partial charge on any atom is -0.493 e. The fourth-order valence-corrected chi connectivity index (χ4v) is 5.44. The molecule has 1 unspecified atom stereocenters. The Labute approximate surface area is 238 Å². The third-order valence-electron chi connectivity index (χ3n) is 6.58. The molecule has 1 amide bonds. The van der Waals surface area contributed by atoms with Gasteiger partial charge in [-0.1, -0.05) is 79.7 Å². The molecule has 0 saturated heterocycles. The number of carbonyl (C=O) groups is 1. The third-order valence-corrected chi connectivity index (χ3v) is 7.50. The zero-order chi connectivity index (χ0) is 27.9. The summed E-state index contributed by atoms with van der Waals surface area (Å²) in [6, 6.07) is 24.6. The Hall–Kier alpha value is -4.24. The predicted molar refractivity (Wildman–Crippen MR) is 159 cm³/mol. The topological polar surface area (TPSA) is 90.3 Å². The standard InChI is InChI=1S/C31H33N5O3S/c1-4-5-18-40-31-34-30-32-21(2)27(29(37)33-24-14-10-7-11-15-24)28(36(30)35-31)23-16-17-25(26(19-23)38-3)39-20-22-12-8-6-9-13-22/h6-17,19,28H,4-5,18,20H2,1-3H3,(H,33,37)(H,32,34,35). The molecule has 1 aliphatic heterocycles. The highest BCUT2D eigenvalue weighted by Gasteiger charge is 2.35. The molecule has 1 aliphatic rings. The van der Waals surface area contributed by atoms with E-state index in [2.05, 4.69) is 17.6 Å². The van der Waals surface area contributed by atoms with Crippen molar-refractivity contribution in [2.75, 3.05) is 23.5 Å². The molecule has 3 aromatic carbocycles. The van der Waals surface area contributed by atoms with Crippen LogP contribution in [0.3, 0.4) is 0 Å². The molecule has 9 heteroatoms. The number of nitrogens with one attached hydrogen (secondary N) is 2. The molecule has 206 valence electrons. The molecule has 0 spiro atoms. The van der Waals surface area contributed by atoms with Crippen LogP contribution in [0, 0.1) is 0 Å². The lowest BCUT2D eigenvalue weighted by Gasteiger charge is -2.29. The Kier molecular flexibility index (Phi) is 8.71. The van der Waals surface area contributed by atoms with Gasteiger partial charge in [0, 0.05) is 17.1 Å². The third kappa shape index (κ3) is 6.15. The smallest absolute Gasteiger partial charge is 0.255 e. The molecule has 0 aliphatic carbocycles. The average Bonchev–Trinajstić information content (AvgIpc) is 3.38. The number of para-hydroxylation sites is 1. The average molecular weight is 556 g/mol. The Balaban J connectivity index is 1.50. The van der Waals surface area contributed by atoms with E-state index in [-0.39, 0.29) is 5.91 Å². The summed E-state index contributed by atoms with van der Waals surface area (Å²) in [4.78, 5) is 18.5. The second kappa shape index (κ2) is 12.7. The number of nitrogens with zero attached hydrogens (tertiary/aromatic N) is 3. The number of allylic oxidation sites excluding steroid dienone is 1. The van der Waals surface area contributed by atoms with Crippen LogP contribution in [0.5, 0.6) is 11.5 Å². The number of benzene rings is 3. The van der Waals surface area contributed by atoms with Crippen LogP contribution in [-0.2, 0) is 11.4 Å². The molecule has 4 aromatic rings. The summed E-state index contributed by atoms with van der Waals surface area (Å²) < 4.78 is 13.6. The molecule has 1 aromatic heterocycles. The van der Waals surface area contributed by atoms with Crippen LogP contribution in [0.1, 0.15) is 43.9 Å². The van der Waals surface area contributed by atoms with Crippen molar-refractivity contribution in [3.63, 3.8) is 0 Å². The van der Waals surface area contributed by atoms with E-state index in [0.717, 1.165) is 29.7 Å². The highest BCUT2D eigenvalue weighted by molar-refractivity contribution is 7.99. The molecule has 5 rings (SSSR count). The summed E-state index contributed by atoms with van der Waals surface area (Å²) in [5.74, 6) is 2.51. The number of hydrogen-bond donors (Lipinski definition) is 2. The molecule has 2 N–H and O–H groups in total. The van der Waals surface area contributed by atoms with E-state index in [9.17, 15) is 4.79 Å². The molecule has 2 heterocycles. The number of fused-ring (bicyclic) bond motifs is 1. The number of hydrogen-bond acceptors (Lipinski definition) is 7. The minimum atomic E-state index is -0.523. The van der Waals surface area contributed by atoms with Gasteiger partial charge in [-0.15, -0.1) is 5.10 Å². The van der Waals surface area contributed by atoms with Gasteiger partial charge >= 0.3 is 0 Å². The monoisotopic (exact) mass is 555 g/mol. The largest absolute Gasteiger partial charge is 0.493 e. The maximum Gasteiger partial charge on any atom is 0.255 e. The van der Waals surface area contributed by atoms with Gasteiger partial charge in [0.05, 0.1) is 12.7 Å². The maximum atomic E-state index is 13.7. The normalized spacial score (nSPS) is 14.3. The van der Waals surface area contributed by atoms with Crippen LogP contribution in [0.25, 0.3) is 0 Å². The number of amides is 1. The van der Waals surface area contributed by atoms with Crippen molar-refractivity contribution < 1.29 is 14.3 Å². The summed E-state index contributed by atoms with van der Waals surface area (Å²) in [6.45, 7) is 4.47. The SMILES string of the molecule is CCCCSc1nc2n(n1)C(c1ccc(OCc3ccccc3)c(OC)c1)C(C(=O)Nc1ccccc1)=C(C)N2. The van der Waals surface area contributed by atoms with Gasteiger partial charge in [-0.05, 0) is 48.7 Å². The van der Waals surface area contributed by atoms with Crippen molar-refractivity contribution in [3.05, 3.63) is 101 Å². The van der Waals surface area contributed by atoms with Gasteiger partial charge in [0.1, 0.15) is 12.6 Å². The number of carbonyl (C=O) groups excluding carboxylic acids is 1. The van der Waals surface area contributed by atoms with Crippen molar-refractivity contribution in [1.82, 2.24) is 14.8 Å². The van der Waals surface area contributed by atoms with Crippen molar-refractivity contribution in [2.24, 2.45) is 0 Å². The highest BCUT2D eigenvalue weighted by atomic mass is 32.2. The van der Waals surface area contributed by atoms with Gasteiger partial charge in [0.2, 0.25) is 11.1 Å². The van der Waals surface area contributed by atoms with E-state index in [1.807, 2.05) is 85.8 Å². The summed E-state index contributed by atoms with van der Waals surface area (Å²) >= 11 is 1.62. The van der Waals surface area contributed by atoms with Gasteiger partial charge in [-0.25, -0.2) is 4.68 Å². The number of aromatic nitrogens is 3. The molecule has 1 atom stereocenters. The molecule has 40 heavy (non-hydrogen) atoms. The van der Waals surface area contributed by atoms with E-state index < -0.39 is 6.04 Å². The molecule has 8 nitrogen and oxygen atoms in total. The molecular formula is C31H33N5O3S. The number of anilines is 2. The second-order valence-corrected chi connectivity index (χ2v) is 10.5. The zero-order valence-corrected chi connectivity index (χ0v) is 23.7. The number of rotatable bonds is 11. The summed E-state index contributed by atoms with van der Waals surface area (Å²) in [5.41, 5.74) is 3.87. The second-order valence-electron chi connectivity index (χ2n) is 9.44. The summed E-state index contributed by atoms with van der Waals surface area (Å²) in [7, 11) is 1.62. The lowest BCUT2D eigenvalue weighted by molar-refractivity contribution is -0.113. The van der Waals surface area contributed by atoms with Crippen molar-refractivity contribution in [1.29, 1.82) is 0 Å². The van der Waals surface area contributed by atoms with Gasteiger partial charge in [-0.2, -0.15) is 4.98 Å². The first-order chi connectivity index (χ1) is 19.6. The van der Waals surface area contributed by atoms with Crippen LogP contribution in [0.2, 0.25) is 0 Å². The van der Waals surface area contributed by atoms with E-state index >= 15 is 0 Å². The Morgan fingerprint density at radius 1 is 1.05 bits per heavy atom. The van der Waals surface area contributed by atoms with Crippen LogP contribution >= 0.6 is 11.8 Å². The highest BCUT2D eigenvalue weighted by Crippen LogP contribution is 2.40. The molecular weight excluding hydrogens is 522 g/mol. The van der Waals surface area contributed by atoms with E-state index in [1.54, 1.807) is 23.6 Å². The molecule has 0 fully saturated rings. The van der Waals surface area contributed by atoms with Crippen molar-refractivity contribution in [3.8, 4) is 11.5 Å². The maximum absolute atomic E-state index is 13.7. The van der Waals surface area contributed by atoms with Gasteiger partial charge in [0.25, 0.3) is 5.91 Å². The van der Waals surface area contributed by atoms with Crippen molar-refractivity contribution >= 4 is 29.3 Å².